The Kier molecular flexibility index (Phi) is 6.11. The number of nitriles is 1. The maximum Gasteiger partial charge on any atom is 0.335 e. The van der Waals surface area contributed by atoms with Gasteiger partial charge in [-0.25, -0.2) is 0 Å². The van der Waals surface area contributed by atoms with Gasteiger partial charge in [0.15, 0.2) is 5.78 Å². The molecule has 0 saturated heterocycles. The Morgan fingerprint density at radius 3 is 1.74 bits per heavy atom. The second kappa shape index (κ2) is 9.66. The molecule has 5 rings (SSSR count). The van der Waals surface area contributed by atoms with Gasteiger partial charge in [-0.05, 0) is 0 Å². The first-order valence-electron chi connectivity index (χ1n) is 11.5. The van der Waals surface area contributed by atoms with Crippen molar-refractivity contribution in [2.75, 3.05) is 0 Å². The van der Waals surface area contributed by atoms with E-state index < -0.39 is 6.48 Å². The van der Waals surface area contributed by atoms with Gasteiger partial charge in [-0.15, -0.1) is 10.9 Å². The van der Waals surface area contributed by atoms with Gasteiger partial charge in [-0.3, -0.25) is 4.79 Å². The van der Waals surface area contributed by atoms with Crippen LogP contribution in [-0.4, -0.2) is 18.0 Å². The van der Waals surface area contributed by atoms with E-state index in [0.717, 1.165) is 16.5 Å². The lowest BCUT2D eigenvalue weighted by Crippen LogP contribution is -2.61. The van der Waals surface area contributed by atoms with Gasteiger partial charge < -0.3 is 9.56 Å². The first-order chi connectivity index (χ1) is 17.2. The molecule has 0 atom stereocenters. The number of ketones is 1. The van der Waals surface area contributed by atoms with Crippen LogP contribution in [0, 0.1) is 11.3 Å². The number of carbonyl (C=O) groups excluding carboxylic acids is 1. The van der Waals surface area contributed by atoms with Crippen LogP contribution >= 0.6 is 0 Å². The van der Waals surface area contributed by atoms with E-state index in [1.807, 2.05) is 109 Å². The van der Waals surface area contributed by atoms with Crippen LogP contribution < -0.4 is 10.9 Å². The Labute approximate surface area is 204 Å². The second-order valence-corrected chi connectivity index (χ2v) is 8.36. The van der Waals surface area contributed by atoms with Crippen molar-refractivity contribution in [2.24, 2.45) is 4.90 Å². The van der Waals surface area contributed by atoms with Gasteiger partial charge >= 0.3 is 6.48 Å². The fourth-order valence-electron chi connectivity index (χ4n) is 4.56. The van der Waals surface area contributed by atoms with Gasteiger partial charge in [-0.1, -0.05) is 121 Å². The molecule has 5 heteroatoms. The molecule has 0 spiro atoms. The zero-order chi connectivity index (χ0) is 24.1. The van der Waals surface area contributed by atoms with E-state index in [9.17, 15) is 10.1 Å². The summed E-state index contributed by atoms with van der Waals surface area (Å²) in [5.74, 6) is 0.219. The van der Waals surface area contributed by atoms with Crippen LogP contribution in [-0.2, 0) is 4.65 Å². The number of nitrogens with zero attached hydrogens (tertiary/aromatic N) is 2. The fraction of sp³-hybridized carbons (Fsp3) is 0.0333. The lowest BCUT2D eigenvalue weighted by Gasteiger charge is -2.45. The molecule has 0 aliphatic carbocycles. The summed E-state index contributed by atoms with van der Waals surface area (Å²) in [7, 11) is 0. The summed E-state index contributed by atoms with van der Waals surface area (Å²) < 4.78 is 6.89. The van der Waals surface area contributed by atoms with E-state index in [2.05, 4.69) is 6.07 Å². The number of Topliss-reactive ketones (excluding diaryl/α,β-unsaturated/α-hetero) is 1. The Morgan fingerprint density at radius 1 is 0.743 bits per heavy atom. The number of hydrogen-bond acceptors (Lipinski definition) is 4. The van der Waals surface area contributed by atoms with E-state index >= 15 is 0 Å². The number of hydrogen-bond donors (Lipinski definition) is 0. The lowest BCUT2D eigenvalue weighted by molar-refractivity contribution is 0.103. The molecule has 1 aliphatic rings. The molecule has 1 aliphatic heterocycles. The van der Waals surface area contributed by atoms with Crippen molar-refractivity contribution in [1.29, 1.82) is 5.26 Å². The Morgan fingerprint density at radius 2 is 1.23 bits per heavy atom. The van der Waals surface area contributed by atoms with Crippen molar-refractivity contribution in [3.63, 3.8) is 0 Å². The third kappa shape index (κ3) is 4.18. The molecule has 4 nitrogen and oxygen atoms in total. The molecule has 0 aromatic heterocycles. The van der Waals surface area contributed by atoms with E-state index in [0.29, 0.717) is 22.6 Å². The monoisotopic (exact) mass is 453 g/mol. The topological polar surface area (TPSA) is 62.4 Å². The number of allylic oxidation sites excluding steroid dienone is 1. The van der Waals surface area contributed by atoms with Crippen LogP contribution in [0.1, 0.15) is 22.3 Å². The lowest BCUT2D eigenvalue weighted by atomic mass is 9.41. The molecule has 4 aromatic rings. The van der Waals surface area contributed by atoms with Crippen molar-refractivity contribution in [1.82, 2.24) is 0 Å². The van der Waals surface area contributed by atoms with E-state index in [-0.39, 0.29) is 12.2 Å². The zero-order valence-corrected chi connectivity index (χ0v) is 19.0. The fourth-order valence-corrected chi connectivity index (χ4v) is 4.56. The molecule has 0 N–H and O–H groups in total. The highest BCUT2D eigenvalue weighted by molar-refractivity contribution is 6.98. The third-order valence-corrected chi connectivity index (χ3v) is 6.19. The maximum absolute atomic E-state index is 13.8. The van der Waals surface area contributed by atoms with Crippen molar-refractivity contribution < 1.29 is 9.45 Å². The van der Waals surface area contributed by atoms with Gasteiger partial charge in [0.1, 0.15) is 0 Å². The maximum atomic E-state index is 13.8. The molecule has 4 aromatic carbocycles. The molecule has 35 heavy (non-hydrogen) atoms. The van der Waals surface area contributed by atoms with Gasteiger partial charge in [0.05, 0.1) is 23.8 Å². The Bertz CT molecular complexity index is 1400. The zero-order valence-electron chi connectivity index (χ0n) is 19.0. The van der Waals surface area contributed by atoms with Crippen molar-refractivity contribution >= 4 is 34.7 Å². The van der Waals surface area contributed by atoms with Gasteiger partial charge in [0.25, 0.3) is 0 Å². The Balaban J connectivity index is 1.81. The minimum absolute atomic E-state index is 0.0171. The molecule has 168 valence electrons. The predicted octanol–water partition coefficient (Wildman–Crippen LogP) is 4.92. The van der Waals surface area contributed by atoms with Gasteiger partial charge in [0, 0.05) is 16.8 Å². The molecular formula is C30H22BN2O2-. The van der Waals surface area contributed by atoms with Crippen LogP contribution in [0.4, 0.5) is 0 Å². The molecule has 0 unspecified atom stereocenters. The number of rotatable bonds is 6. The van der Waals surface area contributed by atoms with E-state index in [4.69, 9.17) is 9.56 Å². The van der Waals surface area contributed by atoms with E-state index in [1.165, 1.54) is 0 Å². The van der Waals surface area contributed by atoms with Crippen molar-refractivity contribution in [3.05, 3.63) is 138 Å². The quantitative estimate of drug-likeness (QED) is 0.308. The standard InChI is InChI=1S/C30H22BN2O2/c32-22-21-27-28(29(34)23-13-5-1-6-14-23)30(24-15-7-2-8-16-24)35-31(33-27,25-17-9-3-10-18-25)26-19-11-4-12-20-26/h1-20H,21H2/q-1. The van der Waals surface area contributed by atoms with Crippen molar-refractivity contribution in [3.8, 4) is 6.07 Å². The third-order valence-electron chi connectivity index (χ3n) is 6.19. The second-order valence-electron chi connectivity index (χ2n) is 8.36. The molecular weight excluding hydrogens is 431 g/mol. The summed E-state index contributed by atoms with van der Waals surface area (Å²) in [4.78, 5) is 18.9. The minimum atomic E-state index is -2.15. The number of benzene rings is 4. The highest BCUT2D eigenvalue weighted by atomic mass is 16.5. The van der Waals surface area contributed by atoms with Crippen LogP contribution in [0.3, 0.4) is 0 Å². The summed E-state index contributed by atoms with van der Waals surface area (Å²) in [6, 6.07) is 40.4. The van der Waals surface area contributed by atoms with E-state index in [1.54, 1.807) is 12.1 Å². The van der Waals surface area contributed by atoms with Crippen molar-refractivity contribution in [2.45, 2.75) is 6.42 Å². The molecule has 0 bridgehead atoms. The smallest absolute Gasteiger partial charge is 0.335 e. The molecule has 0 saturated carbocycles. The average Bonchev–Trinajstić information content (AvgIpc) is 2.94. The molecule has 0 radical (unpaired) electrons. The Hall–Kier alpha value is -4.69. The number of carbonyl (C=O) groups is 1. The molecule has 0 fully saturated rings. The normalized spacial score (nSPS) is 14.4. The summed E-state index contributed by atoms with van der Waals surface area (Å²) in [5, 5.41) is 9.76. The summed E-state index contributed by atoms with van der Waals surface area (Å²) in [5.41, 5.74) is 3.77. The summed E-state index contributed by atoms with van der Waals surface area (Å²) in [6.45, 7) is -2.15. The van der Waals surface area contributed by atoms with Crippen LogP contribution in [0.5, 0.6) is 0 Å². The van der Waals surface area contributed by atoms with Crippen LogP contribution in [0.15, 0.2) is 132 Å². The van der Waals surface area contributed by atoms with Gasteiger partial charge in [-0.2, -0.15) is 5.26 Å². The minimum Gasteiger partial charge on any atom is -0.688 e. The summed E-state index contributed by atoms with van der Waals surface area (Å²) in [6.07, 6.45) is -0.0171. The highest BCUT2D eigenvalue weighted by Crippen LogP contribution is 2.33. The first kappa shape index (κ1) is 22.1. The summed E-state index contributed by atoms with van der Waals surface area (Å²) >= 11 is 0. The molecule has 0 amide bonds. The van der Waals surface area contributed by atoms with Crippen LogP contribution in [0.25, 0.3) is 5.76 Å². The highest BCUT2D eigenvalue weighted by Gasteiger charge is 2.39. The van der Waals surface area contributed by atoms with Crippen LogP contribution in [0.2, 0.25) is 0 Å². The largest absolute Gasteiger partial charge is 0.688 e. The average molecular weight is 453 g/mol. The SMILES string of the molecule is N#CCC1=N[B-](c2ccccc2)(c2ccccc2)OC(c2ccccc2)=C1C(=O)c1ccccc1. The molecule has 1 heterocycles. The first-order valence-corrected chi connectivity index (χ1v) is 11.5. The predicted molar refractivity (Wildman–Crippen MR) is 141 cm³/mol. The van der Waals surface area contributed by atoms with Gasteiger partial charge in [0.2, 0.25) is 0 Å².